The van der Waals surface area contributed by atoms with E-state index in [0.717, 1.165) is 42.5 Å². The molecular formula is C30H42N8O3. The molecule has 1 saturated carbocycles. The summed E-state index contributed by atoms with van der Waals surface area (Å²) in [6.07, 6.45) is 3.63. The van der Waals surface area contributed by atoms with Crippen LogP contribution >= 0.6 is 0 Å². The molecule has 1 saturated heterocycles. The number of hydrogen-bond donors (Lipinski definition) is 4. The van der Waals surface area contributed by atoms with Crippen LogP contribution in [0.4, 0.5) is 5.82 Å². The lowest BCUT2D eigenvalue weighted by molar-refractivity contribution is -0.0620. The number of fused-ring (bicyclic) bond motifs is 2. The Hall–Kier alpha value is -3.12. The Balaban J connectivity index is 1.06. The standard InChI is InChI=1S/C30H42N8O3/c1-16(2)37(13-22-25(39)26(40)29(41-22)38-15-34-24-27(31)32-14-33-28(24)38)19-10-17(11-19)6-9-23-35-20-8-7-18(30(3,4)5)12-21(20)36-23/h7-8,12,14-17,19,22,25-26,29,39-40H,6,9-11,13H2,1-5H3,(H,35,36)(H2,31,32,33)/t17-,19+,22?,25-,26-,29?/m1/s1. The Bertz CT molecular complexity index is 1520. The zero-order valence-electron chi connectivity index (χ0n) is 24.5. The van der Waals surface area contributed by atoms with E-state index in [-0.39, 0.29) is 17.3 Å². The third-order valence-electron chi connectivity index (χ3n) is 8.92. The van der Waals surface area contributed by atoms with Gasteiger partial charge in [0.05, 0.1) is 17.4 Å². The van der Waals surface area contributed by atoms with Gasteiger partial charge in [-0.1, -0.05) is 26.8 Å². The molecule has 1 aliphatic heterocycles. The predicted molar refractivity (Wildman–Crippen MR) is 157 cm³/mol. The van der Waals surface area contributed by atoms with Crippen molar-refractivity contribution >= 4 is 28.0 Å². The van der Waals surface area contributed by atoms with Gasteiger partial charge in [-0.15, -0.1) is 0 Å². The molecule has 6 rings (SSSR count). The fourth-order valence-electron chi connectivity index (χ4n) is 6.35. The number of aromatic amines is 1. The van der Waals surface area contributed by atoms with E-state index in [9.17, 15) is 10.2 Å². The van der Waals surface area contributed by atoms with Gasteiger partial charge in [0.1, 0.15) is 36.0 Å². The molecule has 41 heavy (non-hydrogen) atoms. The first-order chi connectivity index (χ1) is 19.5. The maximum Gasteiger partial charge on any atom is 0.167 e. The summed E-state index contributed by atoms with van der Waals surface area (Å²) in [4.78, 5) is 23.3. The van der Waals surface area contributed by atoms with Crippen LogP contribution in [0.5, 0.6) is 0 Å². The Kier molecular flexibility index (Phi) is 7.25. The zero-order chi connectivity index (χ0) is 29.1. The van der Waals surface area contributed by atoms with Gasteiger partial charge in [-0.3, -0.25) is 9.47 Å². The summed E-state index contributed by atoms with van der Waals surface area (Å²) in [7, 11) is 0. The molecule has 0 bridgehead atoms. The van der Waals surface area contributed by atoms with Crippen LogP contribution in [0.25, 0.3) is 22.2 Å². The Morgan fingerprint density at radius 1 is 1.15 bits per heavy atom. The number of nitrogen functional groups attached to an aromatic ring is 1. The first-order valence-electron chi connectivity index (χ1n) is 14.7. The average molecular weight is 563 g/mol. The van der Waals surface area contributed by atoms with E-state index < -0.39 is 24.5 Å². The third kappa shape index (κ3) is 5.31. The molecule has 11 heteroatoms. The second kappa shape index (κ2) is 10.6. The summed E-state index contributed by atoms with van der Waals surface area (Å²) in [5.41, 5.74) is 10.4. The number of aliphatic hydroxyl groups is 2. The Labute approximate surface area is 240 Å². The molecule has 4 atom stereocenters. The molecular weight excluding hydrogens is 520 g/mol. The largest absolute Gasteiger partial charge is 0.387 e. The zero-order valence-corrected chi connectivity index (χ0v) is 24.5. The van der Waals surface area contributed by atoms with Crippen LogP contribution in [-0.2, 0) is 16.6 Å². The summed E-state index contributed by atoms with van der Waals surface area (Å²) in [5, 5.41) is 21.8. The van der Waals surface area contributed by atoms with Gasteiger partial charge < -0.3 is 25.7 Å². The molecule has 4 heterocycles. The number of aliphatic hydroxyl groups excluding tert-OH is 2. The van der Waals surface area contributed by atoms with Gasteiger partial charge in [0, 0.05) is 25.0 Å². The van der Waals surface area contributed by atoms with E-state index in [1.54, 1.807) is 4.57 Å². The first kappa shape index (κ1) is 28.0. The van der Waals surface area contributed by atoms with Crippen molar-refractivity contribution in [1.82, 2.24) is 34.4 Å². The van der Waals surface area contributed by atoms with Gasteiger partial charge in [0.15, 0.2) is 17.7 Å². The molecule has 3 aromatic heterocycles. The van der Waals surface area contributed by atoms with E-state index in [4.69, 9.17) is 15.5 Å². The van der Waals surface area contributed by atoms with Crippen LogP contribution in [0.1, 0.15) is 71.5 Å². The van der Waals surface area contributed by atoms with Crippen LogP contribution in [0, 0.1) is 5.92 Å². The molecule has 4 aromatic rings. The van der Waals surface area contributed by atoms with E-state index in [1.807, 2.05) is 0 Å². The summed E-state index contributed by atoms with van der Waals surface area (Å²) >= 11 is 0. The number of aromatic nitrogens is 6. The molecule has 0 spiro atoms. The topological polar surface area (TPSA) is 151 Å². The normalized spacial score (nSPS) is 27.0. The molecule has 1 aromatic carbocycles. The van der Waals surface area contributed by atoms with Gasteiger partial charge in [0.2, 0.25) is 0 Å². The van der Waals surface area contributed by atoms with Crippen LogP contribution in [0.2, 0.25) is 0 Å². The molecule has 220 valence electrons. The second-order valence-electron chi connectivity index (χ2n) is 13.1. The molecule has 2 fully saturated rings. The molecule has 11 nitrogen and oxygen atoms in total. The number of H-pyrrole nitrogens is 1. The van der Waals surface area contributed by atoms with Crippen molar-refractivity contribution in [3.63, 3.8) is 0 Å². The van der Waals surface area contributed by atoms with Gasteiger partial charge in [-0.25, -0.2) is 19.9 Å². The fraction of sp³-hybridized carbons (Fsp3) is 0.600. The highest BCUT2D eigenvalue weighted by Crippen LogP contribution is 2.38. The predicted octanol–water partition coefficient (Wildman–Crippen LogP) is 3.32. The third-order valence-corrected chi connectivity index (χ3v) is 8.92. The van der Waals surface area contributed by atoms with E-state index in [1.165, 1.54) is 18.2 Å². The molecule has 2 aliphatic rings. The lowest BCUT2D eigenvalue weighted by atomic mass is 9.76. The number of imidazole rings is 2. The smallest absolute Gasteiger partial charge is 0.167 e. The quantitative estimate of drug-likeness (QED) is 0.253. The number of hydrogen-bond acceptors (Lipinski definition) is 9. The second-order valence-corrected chi connectivity index (χ2v) is 13.1. The number of benzene rings is 1. The Morgan fingerprint density at radius 2 is 1.93 bits per heavy atom. The number of ether oxygens (including phenoxy) is 1. The minimum absolute atomic E-state index is 0.104. The highest BCUT2D eigenvalue weighted by Gasteiger charge is 2.46. The van der Waals surface area contributed by atoms with Crippen LogP contribution in [0.15, 0.2) is 30.9 Å². The number of rotatable bonds is 8. The number of aryl methyl sites for hydroxylation is 1. The van der Waals surface area contributed by atoms with Crippen LogP contribution in [0.3, 0.4) is 0 Å². The highest BCUT2D eigenvalue weighted by molar-refractivity contribution is 5.81. The van der Waals surface area contributed by atoms with Crippen LogP contribution in [-0.4, -0.2) is 81.5 Å². The lowest BCUT2D eigenvalue weighted by Crippen LogP contribution is -2.52. The van der Waals surface area contributed by atoms with Gasteiger partial charge in [-0.05, 0) is 62.1 Å². The summed E-state index contributed by atoms with van der Waals surface area (Å²) in [5.74, 6) is 1.95. The van der Waals surface area contributed by atoms with Crippen molar-refractivity contribution in [3.05, 3.63) is 42.2 Å². The van der Waals surface area contributed by atoms with Crippen LogP contribution < -0.4 is 5.73 Å². The van der Waals surface area contributed by atoms with E-state index in [2.05, 4.69) is 77.7 Å². The van der Waals surface area contributed by atoms with Crippen molar-refractivity contribution < 1.29 is 14.9 Å². The molecule has 1 aliphatic carbocycles. The maximum absolute atomic E-state index is 10.9. The number of anilines is 1. The maximum atomic E-state index is 10.9. The number of nitrogens with zero attached hydrogens (tertiary/aromatic N) is 6. The van der Waals surface area contributed by atoms with E-state index >= 15 is 0 Å². The van der Waals surface area contributed by atoms with Crippen molar-refractivity contribution in [1.29, 1.82) is 0 Å². The van der Waals surface area contributed by atoms with Gasteiger partial charge in [-0.2, -0.15) is 0 Å². The summed E-state index contributed by atoms with van der Waals surface area (Å²) in [6.45, 7) is 11.6. The van der Waals surface area contributed by atoms with Crippen molar-refractivity contribution in [2.24, 2.45) is 5.92 Å². The summed E-state index contributed by atoms with van der Waals surface area (Å²) < 4.78 is 7.86. The summed E-state index contributed by atoms with van der Waals surface area (Å²) in [6, 6.07) is 7.23. The first-order valence-corrected chi connectivity index (χ1v) is 14.7. The molecule has 0 amide bonds. The van der Waals surface area contributed by atoms with Gasteiger partial charge >= 0.3 is 0 Å². The Morgan fingerprint density at radius 3 is 2.66 bits per heavy atom. The number of nitrogens with one attached hydrogen (secondary N) is 1. The SMILES string of the molecule is CC(C)N(CC1OC(n2cnc3c(N)ncnc32)[C@H](O)[C@@H]1O)[C@H]1C[C@@H](CCc2nc3cc(C(C)(C)C)ccc3[nH]2)C1. The average Bonchev–Trinajstić information content (AvgIpc) is 3.58. The van der Waals surface area contributed by atoms with E-state index in [0.29, 0.717) is 29.7 Å². The van der Waals surface area contributed by atoms with Crippen molar-refractivity contribution in [2.75, 3.05) is 12.3 Å². The minimum Gasteiger partial charge on any atom is -0.387 e. The number of nitrogens with two attached hydrogens (primary N) is 1. The van der Waals surface area contributed by atoms with Gasteiger partial charge in [0.25, 0.3) is 0 Å². The highest BCUT2D eigenvalue weighted by atomic mass is 16.6. The van der Waals surface area contributed by atoms with Crippen molar-refractivity contribution in [3.8, 4) is 0 Å². The van der Waals surface area contributed by atoms with Crippen molar-refractivity contribution in [2.45, 2.75) is 102 Å². The minimum atomic E-state index is -1.11. The monoisotopic (exact) mass is 562 g/mol. The lowest BCUT2D eigenvalue weighted by Gasteiger charge is -2.46. The molecule has 2 unspecified atom stereocenters. The molecule has 0 radical (unpaired) electrons. The fourth-order valence-corrected chi connectivity index (χ4v) is 6.35. The molecule has 5 N–H and O–H groups in total.